The standard InChI is InChI=1S/C17H22N4/c1-2-8-15-14(7-1)19-17(20-15)16-9-5-11-21(16)12-13-6-3-4-10-18-13/h3-4,6,10,16H,1-2,5,7-9,11-12H2,(H,19,20). The van der Waals surface area contributed by atoms with E-state index in [1.165, 1.54) is 49.3 Å². The Bertz CT molecular complexity index is 581. The lowest BCUT2D eigenvalue weighted by molar-refractivity contribution is 0.238. The molecule has 1 aliphatic heterocycles. The second-order valence-electron chi connectivity index (χ2n) is 6.20. The van der Waals surface area contributed by atoms with Crippen molar-refractivity contribution in [3.63, 3.8) is 0 Å². The summed E-state index contributed by atoms with van der Waals surface area (Å²) in [5.74, 6) is 1.19. The minimum atomic E-state index is 0.442. The van der Waals surface area contributed by atoms with Crippen LogP contribution in [0, 0.1) is 0 Å². The van der Waals surface area contributed by atoms with Gasteiger partial charge in [-0.15, -0.1) is 0 Å². The van der Waals surface area contributed by atoms with Crippen LogP contribution in [0.5, 0.6) is 0 Å². The SMILES string of the molecule is c1ccc(CN2CCCC2c2nc3c([nH]2)CCCC3)nc1. The minimum absolute atomic E-state index is 0.442. The fraction of sp³-hybridized carbons (Fsp3) is 0.529. The molecule has 4 rings (SSSR count). The first-order valence-corrected chi connectivity index (χ1v) is 8.12. The Balaban J connectivity index is 1.54. The van der Waals surface area contributed by atoms with Gasteiger partial charge in [-0.05, 0) is 57.2 Å². The molecule has 1 fully saturated rings. The highest BCUT2D eigenvalue weighted by molar-refractivity contribution is 5.20. The van der Waals surface area contributed by atoms with E-state index in [9.17, 15) is 0 Å². The van der Waals surface area contributed by atoms with Crippen molar-refractivity contribution < 1.29 is 0 Å². The molecule has 3 heterocycles. The third kappa shape index (κ3) is 2.60. The van der Waals surface area contributed by atoms with Gasteiger partial charge in [-0.1, -0.05) is 6.07 Å². The zero-order chi connectivity index (χ0) is 14.1. The number of nitrogens with one attached hydrogen (secondary N) is 1. The van der Waals surface area contributed by atoms with Crippen LogP contribution in [0.3, 0.4) is 0 Å². The molecule has 4 nitrogen and oxygen atoms in total. The van der Waals surface area contributed by atoms with Gasteiger partial charge in [0, 0.05) is 18.4 Å². The fourth-order valence-corrected chi connectivity index (χ4v) is 3.66. The van der Waals surface area contributed by atoms with Gasteiger partial charge in [-0.25, -0.2) is 4.98 Å². The van der Waals surface area contributed by atoms with Crippen molar-refractivity contribution in [3.8, 4) is 0 Å². The zero-order valence-corrected chi connectivity index (χ0v) is 12.4. The number of hydrogen-bond donors (Lipinski definition) is 1. The van der Waals surface area contributed by atoms with Crippen molar-refractivity contribution in [2.75, 3.05) is 6.54 Å². The summed E-state index contributed by atoms with van der Waals surface area (Å²) in [6, 6.07) is 6.60. The Morgan fingerprint density at radius 2 is 2.14 bits per heavy atom. The minimum Gasteiger partial charge on any atom is -0.344 e. The molecule has 21 heavy (non-hydrogen) atoms. The molecule has 2 aliphatic rings. The van der Waals surface area contributed by atoms with E-state index in [1.807, 2.05) is 12.3 Å². The van der Waals surface area contributed by atoms with Crippen LogP contribution in [0.4, 0.5) is 0 Å². The molecule has 0 aromatic carbocycles. The molecule has 2 aromatic rings. The number of fused-ring (bicyclic) bond motifs is 1. The van der Waals surface area contributed by atoms with Crippen LogP contribution < -0.4 is 0 Å². The molecule has 1 N–H and O–H groups in total. The van der Waals surface area contributed by atoms with Crippen LogP contribution in [0.1, 0.15) is 54.6 Å². The quantitative estimate of drug-likeness (QED) is 0.941. The third-order valence-corrected chi connectivity index (χ3v) is 4.74. The molecule has 1 aliphatic carbocycles. The van der Waals surface area contributed by atoms with Crippen molar-refractivity contribution in [2.45, 2.75) is 51.1 Å². The highest BCUT2D eigenvalue weighted by atomic mass is 15.2. The number of likely N-dealkylation sites (tertiary alicyclic amines) is 1. The smallest absolute Gasteiger partial charge is 0.124 e. The van der Waals surface area contributed by atoms with Crippen LogP contribution in [0.15, 0.2) is 24.4 Å². The van der Waals surface area contributed by atoms with Gasteiger partial charge >= 0.3 is 0 Å². The molecular weight excluding hydrogens is 260 g/mol. The van der Waals surface area contributed by atoms with Crippen molar-refractivity contribution in [1.82, 2.24) is 19.9 Å². The van der Waals surface area contributed by atoms with Gasteiger partial charge in [0.25, 0.3) is 0 Å². The molecule has 0 bridgehead atoms. The summed E-state index contributed by atoms with van der Waals surface area (Å²) in [6.07, 6.45) is 9.26. The summed E-state index contributed by atoms with van der Waals surface area (Å²) in [4.78, 5) is 15.5. The van der Waals surface area contributed by atoms with Crippen molar-refractivity contribution in [3.05, 3.63) is 47.3 Å². The first-order chi connectivity index (χ1) is 10.4. The van der Waals surface area contributed by atoms with Gasteiger partial charge in [0.1, 0.15) is 5.82 Å². The maximum absolute atomic E-state index is 4.91. The summed E-state index contributed by atoms with van der Waals surface area (Å²) >= 11 is 0. The largest absolute Gasteiger partial charge is 0.344 e. The van der Waals surface area contributed by atoms with E-state index in [4.69, 9.17) is 4.98 Å². The molecule has 1 saturated heterocycles. The maximum Gasteiger partial charge on any atom is 0.124 e. The van der Waals surface area contributed by atoms with E-state index >= 15 is 0 Å². The summed E-state index contributed by atoms with van der Waals surface area (Å²) in [5, 5.41) is 0. The van der Waals surface area contributed by atoms with Crippen LogP contribution in [-0.2, 0) is 19.4 Å². The van der Waals surface area contributed by atoms with Crippen LogP contribution in [0.2, 0.25) is 0 Å². The summed E-state index contributed by atoms with van der Waals surface area (Å²) in [7, 11) is 0. The van der Waals surface area contributed by atoms with Crippen LogP contribution in [-0.4, -0.2) is 26.4 Å². The molecule has 110 valence electrons. The Labute approximate surface area is 125 Å². The Hall–Kier alpha value is -1.68. The Kier molecular flexibility index (Phi) is 3.47. The van der Waals surface area contributed by atoms with Gasteiger partial charge in [0.2, 0.25) is 0 Å². The highest BCUT2D eigenvalue weighted by Crippen LogP contribution is 2.33. The molecule has 0 amide bonds. The van der Waals surface area contributed by atoms with Crippen molar-refractivity contribution in [2.24, 2.45) is 0 Å². The molecule has 1 unspecified atom stereocenters. The second-order valence-corrected chi connectivity index (χ2v) is 6.20. The number of rotatable bonds is 3. The lowest BCUT2D eigenvalue weighted by Gasteiger charge is -2.22. The number of imidazole rings is 1. The van der Waals surface area contributed by atoms with Crippen molar-refractivity contribution >= 4 is 0 Å². The number of aryl methyl sites for hydroxylation is 2. The third-order valence-electron chi connectivity index (χ3n) is 4.74. The van der Waals surface area contributed by atoms with E-state index < -0.39 is 0 Å². The van der Waals surface area contributed by atoms with Gasteiger partial charge in [-0.3, -0.25) is 9.88 Å². The van der Waals surface area contributed by atoms with Gasteiger partial charge in [0.15, 0.2) is 0 Å². The highest BCUT2D eigenvalue weighted by Gasteiger charge is 2.29. The van der Waals surface area contributed by atoms with Gasteiger partial charge < -0.3 is 4.98 Å². The normalized spacial score (nSPS) is 22.4. The molecule has 0 spiro atoms. The van der Waals surface area contributed by atoms with Gasteiger partial charge in [0.05, 0.1) is 17.4 Å². The summed E-state index contributed by atoms with van der Waals surface area (Å²) < 4.78 is 0. The predicted molar refractivity (Wildman–Crippen MR) is 81.9 cm³/mol. The van der Waals surface area contributed by atoms with Crippen LogP contribution in [0.25, 0.3) is 0 Å². The summed E-state index contributed by atoms with van der Waals surface area (Å²) in [5.41, 5.74) is 3.86. The van der Waals surface area contributed by atoms with E-state index in [0.717, 1.165) is 25.2 Å². The average molecular weight is 282 g/mol. The number of hydrogen-bond acceptors (Lipinski definition) is 3. The molecule has 1 atom stereocenters. The van der Waals surface area contributed by atoms with Gasteiger partial charge in [-0.2, -0.15) is 0 Å². The maximum atomic E-state index is 4.91. The lowest BCUT2D eigenvalue weighted by Crippen LogP contribution is -2.24. The summed E-state index contributed by atoms with van der Waals surface area (Å²) in [6.45, 7) is 2.07. The molecule has 4 heteroatoms. The number of pyridine rings is 1. The first-order valence-electron chi connectivity index (χ1n) is 8.12. The Morgan fingerprint density at radius 3 is 3.00 bits per heavy atom. The topological polar surface area (TPSA) is 44.8 Å². The molecular formula is C17H22N4. The monoisotopic (exact) mass is 282 g/mol. The Morgan fingerprint density at radius 1 is 1.19 bits per heavy atom. The number of H-pyrrole nitrogens is 1. The zero-order valence-electron chi connectivity index (χ0n) is 12.4. The van der Waals surface area contributed by atoms with E-state index in [2.05, 4.69) is 27.0 Å². The molecule has 0 radical (unpaired) electrons. The second kappa shape index (κ2) is 5.60. The number of aromatic amines is 1. The molecule has 2 aromatic heterocycles. The fourth-order valence-electron chi connectivity index (χ4n) is 3.66. The van der Waals surface area contributed by atoms with E-state index in [0.29, 0.717) is 6.04 Å². The number of nitrogens with zero attached hydrogens (tertiary/aromatic N) is 3. The van der Waals surface area contributed by atoms with Crippen LogP contribution >= 0.6 is 0 Å². The number of aromatic nitrogens is 3. The molecule has 0 saturated carbocycles. The predicted octanol–water partition coefficient (Wildman–Crippen LogP) is 3.02. The first kappa shape index (κ1) is 13.0. The van der Waals surface area contributed by atoms with E-state index in [-0.39, 0.29) is 0 Å². The average Bonchev–Trinajstić information content (AvgIpc) is 3.14. The van der Waals surface area contributed by atoms with E-state index in [1.54, 1.807) is 0 Å². The van der Waals surface area contributed by atoms with Crippen molar-refractivity contribution in [1.29, 1.82) is 0 Å². The lowest BCUT2D eigenvalue weighted by atomic mass is 10.0.